The highest BCUT2D eigenvalue weighted by Crippen LogP contribution is 2.04. The fraction of sp³-hybridized carbons (Fsp3) is 0.667. The Hall–Kier alpha value is -0.910. The zero-order chi connectivity index (χ0) is 9.56. The minimum atomic E-state index is -0.914. The van der Waals surface area contributed by atoms with Gasteiger partial charge in [-0.15, -0.1) is 0 Å². The van der Waals surface area contributed by atoms with Crippen LogP contribution in [-0.2, 0) is 4.79 Å². The second-order valence-corrected chi connectivity index (χ2v) is 2.93. The van der Waals surface area contributed by atoms with Gasteiger partial charge in [-0.3, -0.25) is 9.79 Å². The Labute approximate surface area is 76.2 Å². The number of hydrogen-bond donors (Lipinski definition) is 4. The zero-order valence-electron chi connectivity index (χ0n) is 6.60. The lowest BCUT2D eigenvalue weighted by atomic mass is 10.2. The van der Waals surface area contributed by atoms with Gasteiger partial charge in [0.05, 0.1) is 5.25 Å². The third-order valence-corrected chi connectivity index (χ3v) is 1.69. The summed E-state index contributed by atoms with van der Waals surface area (Å²) in [5.41, 5.74) is 10.1. The summed E-state index contributed by atoms with van der Waals surface area (Å²) in [4.78, 5) is 14.0. The van der Waals surface area contributed by atoms with Crippen molar-refractivity contribution in [3.63, 3.8) is 0 Å². The van der Waals surface area contributed by atoms with Crippen LogP contribution in [0.5, 0.6) is 0 Å². The largest absolute Gasteiger partial charge is 0.480 e. The van der Waals surface area contributed by atoms with Crippen molar-refractivity contribution < 1.29 is 9.90 Å². The van der Waals surface area contributed by atoms with Gasteiger partial charge in [-0.1, -0.05) is 0 Å². The van der Waals surface area contributed by atoms with E-state index in [0.717, 1.165) is 0 Å². The Morgan fingerprint density at radius 3 is 2.58 bits per heavy atom. The normalized spacial score (nSPS) is 12.1. The number of carboxylic acid groups (broad SMARTS) is 1. The van der Waals surface area contributed by atoms with Gasteiger partial charge in [-0.05, 0) is 12.8 Å². The van der Waals surface area contributed by atoms with E-state index in [4.69, 9.17) is 16.6 Å². The quantitative estimate of drug-likeness (QED) is 0.202. The second kappa shape index (κ2) is 5.70. The van der Waals surface area contributed by atoms with Crippen LogP contribution < -0.4 is 11.5 Å². The van der Waals surface area contributed by atoms with E-state index in [-0.39, 0.29) is 5.96 Å². The van der Waals surface area contributed by atoms with Gasteiger partial charge in [0, 0.05) is 6.54 Å². The van der Waals surface area contributed by atoms with Gasteiger partial charge in [0.15, 0.2) is 5.96 Å². The molecule has 6 heteroatoms. The predicted octanol–water partition coefficient (Wildman–Crippen LogP) is -0.577. The number of aliphatic imine (C=N–C) groups is 1. The number of hydrogen-bond acceptors (Lipinski definition) is 3. The molecule has 0 rings (SSSR count). The first-order chi connectivity index (χ1) is 5.54. The molecule has 1 unspecified atom stereocenters. The van der Waals surface area contributed by atoms with Gasteiger partial charge >= 0.3 is 5.97 Å². The Balaban J connectivity index is 3.44. The molecule has 0 aromatic rings. The van der Waals surface area contributed by atoms with Gasteiger partial charge in [0.1, 0.15) is 0 Å². The van der Waals surface area contributed by atoms with E-state index in [1.807, 2.05) is 0 Å². The molecule has 0 saturated heterocycles. The zero-order valence-corrected chi connectivity index (χ0v) is 7.50. The summed E-state index contributed by atoms with van der Waals surface area (Å²) in [5.74, 6) is -0.885. The molecule has 0 amide bonds. The Morgan fingerprint density at radius 1 is 1.58 bits per heavy atom. The predicted molar refractivity (Wildman–Crippen MR) is 50.3 cm³/mol. The molecule has 0 radical (unpaired) electrons. The van der Waals surface area contributed by atoms with E-state index in [0.29, 0.717) is 19.4 Å². The highest BCUT2D eigenvalue weighted by molar-refractivity contribution is 7.81. The number of rotatable bonds is 5. The lowest BCUT2D eigenvalue weighted by Crippen LogP contribution is -2.23. The molecule has 70 valence electrons. The molecule has 0 aromatic heterocycles. The highest BCUT2D eigenvalue weighted by atomic mass is 32.1. The summed E-state index contributed by atoms with van der Waals surface area (Å²) in [7, 11) is 0. The van der Waals surface area contributed by atoms with E-state index in [9.17, 15) is 4.79 Å². The number of thiol groups is 1. The molecule has 0 aliphatic carbocycles. The molecule has 0 spiro atoms. The molecule has 0 aliphatic rings. The first-order valence-corrected chi connectivity index (χ1v) is 4.02. The summed E-state index contributed by atoms with van der Waals surface area (Å²) in [6, 6.07) is 0. The molecule has 0 fully saturated rings. The van der Waals surface area contributed by atoms with E-state index in [1.165, 1.54) is 0 Å². The maximum atomic E-state index is 10.3. The Bertz CT molecular complexity index is 180. The van der Waals surface area contributed by atoms with Crippen molar-refractivity contribution in [1.82, 2.24) is 0 Å². The maximum Gasteiger partial charge on any atom is 0.316 e. The number of nitrogens with two attached hydrogens (primary N) is 2. The van der Waals surface area contributed by atoms with E-state index < -0.39 is 11.2 Å². The van der Waals surface area contributed by atoms with Gasteiger partial charge < -0.3 is 16.6 Å². The van der Waals surface area contributed by atoms with E-state index >= 15 is 0 Å². The molecule has 0 aromatic carbocycles. The van der Waals surface area contributed by atoms with Crippen molar-refractivity contribution in [3.8, 4) is 0 Å². The summed E-state index contributed by atoms with van der Waals surface area (Å²) < 4.78 is 0. The van der Waals surface area contributed by atoms with Crippen LogP contribution in [0.15, 0.2) is 4.99 Å². The average Bonchev–Trinajstić information content (AvgIpc) is 1.97. The van der Waals surface area contributed by atoms with Crippen LogP contribution in [0.25, 0.3) is 0 Å². The number of aliphatic carboxylic acids is 1. The molecule has 0 bridgehead atoms. The first kappa shape index (κ1) is 11.1. The van der Waals surface area contributed by atoms with Crippen LogP contribution >= 0.6 is 12.6 Å². The van der Waals surface area contributed by atoms with E-state index in [2.05, 4.69) is 17.6 Å². The van der Waals surface area contributed by atoms with Crippen LogP contribution in [0, 0.1) is 0 Å². The van der Waals surface area contributed by atoms with Crippen molar-refractivity contribution in [2.75, 3.05) is 6.54 Å². The average molecular weight is 191 g/mol. The molecular formula is C6H13N3O2S. The van der Waals surface area contributed by atoms with Crippen LogP contribution in [0.4, 0.5) is 0 Å². The number of guanidine groups is 1. The van der Waals surface area contributed by atoms with Crippen LogP contribution in [0.3, 0.4) is 0 Å². The minimum Gasteiger partial charge on any atom is -0.480 e. The molecule has 0 aliphatic heterocycles. The van der Waals surface area contributed by atoms with Gasteiger partial charge in [-0.2, -0.15) is 12.6 Å². The molecule has 1 atom stereocenters. The van der Waals surface area contributed by atoms with Crippen molar-refractivity contribution in [3.05, 3.63) is 0 Å². The summed E-state index contributed by atoms with van der Waals surface area (Å²) in [6.45, 7) is 0.451. The SMILES string of the molecule is NC(N)=NCCCC(S)C(=O)O. The van der Waals surface area contributed by atoms with Crippen molar-refractivity contribution >= 4 is 24.6 Å². The maximum absolute atomic E-state index is 10.3. The van der Waals surface area contributed by atoms with Crippen LogP contribution in [0.1, 0.15) is 12.8 Å². The second-order valence-electron chi connectivity index (χ2n) is 2.30. The van der Waals surface area contributed by atoms with Gasteiger partial charge in [0.25, 0.3) is 0 Å². The van der Waals surface area contributed by atoms with Crippen LogP contribution in [0.2, 0.25) is 0 Å². The van der Waals surface area contributed by atoms with Gasteiger partial charge in [-0.25, -0.2) is 0 Å². The fourth-order valence-electron chi connectivity index (χ4n) is 0.616. The summed E-state index contributed by atoms with van der Waals surface area (Å²) in [6.07, 6.45) is 1.09. The molecule has 12 heavy (non-hydrogen) atoms. The topological polar surface area (TPSA) is 102 Å². The molecule has 5 nitrogen and oxygen atoms in total. The number of carbonyl (C=O) groups is 1. The first-order valence-electron chi connectivity index (χ1n) is 3.50. The highest BCUT2D eigenvalue weighted by Gasteiger charge is 2.10. The molecule has 0 heterocycles. The molecule has 0 saturated carbocycles. The monoisotopic (exact) mass is 191 g/mol. The van der Waals surface area contributed by atoms with Crippen molar-refractivity contribution in [1.29, 1.82) is 0 Å². The minimum absolute atomic E-state index is 0.0287. The Kier molecular flexibility index (Phi) is 5.27. The number of nitrogens with zero attached hydrogens (tertiary/aromatic N) is 1. The van der Waals surface area contributed by atoms with E-state index in [1.54, 1.807) is 0 Å². The summed E-state index contributed by atoms with van der Waals surface area (Å²) in [5, 5.41) is 7.80. The lowest BCUT2D eigenvalue weighted by molar-refractivity contribution is -0.136. The number of carboxylic acids is 1. The standard InChI is InChI=1S/C6H13N3O2S/c7-6(8)9-3-1-2-4(12)5(10)11/h4,12H,1-3H2,(H,10,11)(H4,7,8,9). The molecule has 5 N–H and O–H groups in total. The van der Waals surface area contributed by atoms with Crippen molar-refractivity contribution in [2.24, 2.45) is 16.5 Å². The van der Waals surface area contributed by atoms with Crippen LogP contribution in [-0.4, -0.2) is 28.8 Å². The fourth-order valence-corrected chi connectivity index (χ4v) is 0.799. The third kappa shape index (κ3) is 5.84. The smallest absolute Gasteiger partial charge is 0.316 e. The Morgan fingerprint density at radius 2 is 2.17 bits per heavy atom. The van der Waals surface area contributed by atoms with Crippen molar-refractivity contribution in [2.45, 2.75) is 18.1 Å². The summed E-state index contributed by atoms with van der Waals surface area (Å²) >= 11 is 3.84. The van der Waals surface area contributed by atoms with Gasteiger partial charge in [0.2, 0.25) is 0 Å². The lowest BCUT2D eigenvalue weighted by Gasteiger charge is -2.02. The third-order valence-electron chi connectivity index (χ3n) is 1.22. The molecular weight excluding hydrogens is 178 g/mol.